The molecule has 2 unspecified atom stereocenters. The fraction of sp³-hybridized carbons (Fsp3) is 0.632. The van der Waals surface area contributed by atoms with Crippen LogP contribution in [0.15, 0.2) is 24.3 Å². The number of hydrogen-bond donors (Lipinski definition) is 1. The second kappa shape index (κ2) is 5.29. The Hall–Kier alpha value is -1.51. The molecule has 1 aliphatic carbocycles. The summed E-state index contributed by atoms with van der Waals surface area (Å²) in [7, 11) is 0. The number of anilines is 1. The third-order valence-corrected chi connectivity index (χ3v) is 5.40. The standard InChI is InChI=1S/C19H28N2O/c1-18(2)10-15-11-19(3,12-18)13-21(15)17(22)9-8-14-6-4-5-7-16(14)20/h4-7,15H,8-13,20H2,1-3H3. The highest BCUT2D eigenvalue weighted by Crippen LogP contribution is 2.52. The third-order valence-electron chi connectivity index (χ3n) is 5.40. The summed E-state index contributed by atoms with van der Waals surface area (Å²) in [6.45, 7) is 7.97. The van der Waals surface area contributed by atoms with Gasteiger partial charge in [0.2, 0.25) is 5.91 Å². The first-order chi connectivity index (χ1) is 10.3. The zero-order chi connectivity index (χ0) is 16.0. The Morgan fingerprint density at radius 2 is 2.00 bits per heavy atom. The number of carbonyl (C=O) groups excluding carboxylic acids is 1. The minimum atomic E-state index is 0.301. The molecule has 2 bridgehead atoms. The van der Waals surface area contributed by atoms with Crippen LogP contribution < -0.4 is 5.73 Å². The fourth-order valence-electron chi connectivity index (χ4n) is 4.90. The first kappa shape index (κ1) is 15.4. The molecule has 2 atom stereocenters. The number of likely N-dealkylation sites (tertiary alicyclic amines) is 1. The van der Waals surface area contributed by atoms with Crippen molar-refractivity contribution >= 4 is 11.6 Å². The van der Waals surface area contributed by atoms with Crippen LogP contribution in [0.1, 0.15) is 52.0 Å². The van der Waals surface area contributed by atoms with Crippen molar-refractivity contribution in [3.63, 3.8) is 0 Å². The van der Waals surface area contributed by atoms with Gasteiger partial charge < -0.3 is 10.6 Å². The predicted octanol–water partition coefficient (Wildman–Crippen LogP) is 3.63. The van der Waals surface area contributed by atoms with Crippen molar-refractivity contribution in [2.75, 3.05) is 12.3 Å². The smallest absolute Gasteiger partial charge is 0.223 e. The molecule has 1 aromatic carbocycles. The Balaban J connectivity index is 1.65. The van der Waals surface area contributed by atoms with E-state index in [0.717, 1.165) is 30.6 Å². The number of carbonyl (C=O) groups is 1. The Morgan fingerprint density at radius 1 is 1.27 bits per heavy atom. The van der Waals surface area contributed by atoms with Crippen LogP contribution in [-0.2, 0) is 11.2 Å². The molecule has 3 heteroatoms. The van der Waals surface area contributed by atoms with Gasteiger partial charge in [-0.05, 0) is 48.1 Å². The molecule has 3 rings (SSSR count). The molecule has 3 nitrogen and oxygen atoms in total. The molecule has 1 aromatic rings. The topological polar surface area (TPSA) is 46.3 Å². The van der Waals surface area contributed by atoms with Gasteiger partial charge in [-0.3, -0.25) is 4.79 Å². The molecule has 2 fully saturated rings. The van der Waals surface area contributed by atoms with E-state index in [1.54, 1.807) is 0 Å². The maximum atomic E-state index is 12.7. The first-order valence-electron chi connectivity index (χ1n) is 8.41. The van der Waals surface area contributed by atoms with E-state index in [4.69, 9.17) is 5.73 Å². The summed E-state index contributed by atoms with van der Waals surface area (Å²) in [6.07, 6.45) is 4.86. The largest absolute Gasteiger partial charge is 0.399 e. The number of amides is 1. The number of nitrogens with zero attached hydrogens (tertiary/aromatic N) is 1. The van der Waals surface area contributed by atoms with Gasteiger partial charge in [-0.15, -0.1) is 0 Å². The van der Waals surface area contributed by atoms with Crippen LogP contribution in [0, 0.1) is 10.8 Å². The van der Waals surface area contributed by atoms with Crippen molar-refractivity contribution < 1.29 is 4.79 Å². The van der Waals surface area contributed by atoms with E-state index < -0.39 is 0 Å². The van der Waals surface area contributed by atoms with E-state index in [1.165, 1.54) is 12.8 Å². The van der Waals surface area contributed by atoms with Gasteiger partial charge in [0.15, 0.2) is 0 Å². The number of rotatable bonds is 3. The second-order valence-corrected chi connectivity index (χ2v) is 8.43. The van der Waals surface area contributed by atoms with Crippen LogP contribution in [0.25, 0.3) is 0 Å². The highest BCUT2D eigenvalue weighted by Gasteiger charge is 2.50. The maximum absolute atomic E-state index is 12.7. The summed E-state index contributed by atoms with van der Waals surface area (Å²) >= 11 is 0. The predicted molar refractivity (Wildman–Crippen MR) is 90.4 cm³/mol. The van der Waals surface area contributed by atoms with Crippen LogP contribution >= 0.6 is 0 Å². The van der Waals surface area contributed by atoms with Crippen molar-refractivity contribution in [3.05, 3.63) is 29.8 Å². The summed E-state index contributed by atoms with van der Waals surface area (Å²) in [4.78, 5) is 14.9. The Kier molecular flexibility index (Phi) is 3.70. The Morgan fingerprint density at radius 3 is 2.73 bits per heavy atom. The van der Waals surface area contributed by atoms with E-state index in [-0.39, 0.29) is 0 Å². The molecule has 0 spiro atoms. The average Bonchev–Trinajstić information content (AvgIpc) is 2.67. The number of fused-ring (bicyclic) bond motifs is 2. The van der Waals surface area contributed by atoms with E-state index >= 15 is 0 Å². The lowest BCUT2D eigenvalue weighted by Gasteiger charge is -2.39. The maximum Gasteiger partial charge on any atom is 0.223 e. The van der Waals surface area contributed by atoms with E-state index in [9.17, 15) is 4.79 Å². The zero-order valence-corrected chi connectivity index (χ0v) is 14.1. The van der Waals surface area contributed by atoms with Gasteiger partial charge in [0, 0.05) is 24.7 Å². The monoisotopic (exact) mass is 300 g/mol. The molecule has 1 saturated heterocycles. The molecule has 1 amide bonds. The molecular formula is C19H28N2O. The van der Waals surface area contributed by atoms with Gasteiger partial charge in [-0.2, -0.15) is 0 Å². The van der Waals surface area contributed by atoms with Gasteiger partial charge >= 0.3 is 0 Å². The lowest BCUT2D eigenvalue weighted by atomic mass is 9.65. The van der Waals surface area contributed by atoms with Crippen molar-refractivity contribution in [2.45, 2.75) is 58.9 Å². The van der Waals surface area contributed by atoms with Crippen molar-refractivity contribution in [2.24, 2.45) is 10.8 Å². The Bertz CT molecular complexity index is 581. The zero-order valence-electron chi connectivity index (χ0n) is 14.1. The minimum absolute atomic E-state index is 0.301. The molecule has 1 saturated carbocycles. The van der Waals surface area contributed by atoms with E-state index in [1.807, 2.05) is 24.3 Å². The van der Waals surface area contributed by atoms with Crippen molar-refractivity contribution in [1.82, 2.24) is 4.90 Å². The van der Waals surface area contributed by atoms with Gasteiger partial charge in [0.1, 0.15) is 0 Å². The van der Waals surface area contributed by atoms with Gasteiger partial charge in [-0.25, -0.2) is 0 Å². The molecule has 1 heterocycles. The number of nitrogens with two attached hydrogens (primary N) is 1. The molecule has 2 N–H and O–H groups in total. The summed E-state index contributed by atoms with van der Waals surface area (Å²) < 4.78 is 0. The molecule has 120 valence electrons. The summed E-state index contributed by atoms with van der Waals surface area (Å²) in [5, 5.41) is 0. The lowest BCUT2D eigenvalue weighted by Crippen LogP contribution is -2.37. The second-order valence-electron chi connectivity index (χ2n) is 8.43. The highest BCUT2D eigenvalue weighted by molar-refractivity contribution is 5.77. The van der Waals surface area contributed by atoms with Crippen LogP contribution in [0.2, 0.25) is 0 Å². The molecule has 1 aliphatic heterocycles. The average molecular weight is 300 g/mol. The van der Waals surface area contributed by atoms with Crippen LogP contribution in [-0.4, -0.2) is 23.4 Å². The lowest BCUT2D eigenvalue weighted by molar-refractivity contribution is -0.132. The van der Waals surface area contributed by atoms with Crippen LogP contribution in [0.3, 0.4) is 0 Å². The number of hydrogen-bond acceptors (Lipinski definition) is 2. The van der Waals surface area contributed by atoms with Crippen molar-refractivity contribution in [1.29, 1.82) is 0 Å². The third kappa shape index (κ3) is 2.99. The van der Waals surface area contributed by atoms with Gasteiger partial charge in [-0.1, -0.05) is 39.0 Å². The SMILES string of the molecule is CC1(C)CC2CC(C)(CN2C(=O)CCc2ccccc2N)C1. The normalized spacial score (nSPS) is 29.6. The minimum Gasteiger partial charge on any atom is -0.399 e. The van der Waals surface area contributed by atoms with Crippen LogP contribution in [0.5, 0.6) is 0 Å². The summed E-state index contributed by atoms with van der Waals surface area (Å²) in [5.74, 6) is 0.301. The number of aryl methyl sites for hydroxylation is 1. The number of benzene rings is 1. The Labute approximate surface area is 133 Å². The summed E-state index contributed by atoms with van der Waals surface area (Å²) in [5.41, 5.74) is 8.53. The molecule has 22 heavy (non-hydrogen) atoms. The fourth-order valence-corrected chi connectivity index (χ4v) is 4.90. The summed E-state index contributed by atoms with van der Waals surface area (Å²) in [6, 6.07) is 8.30. The van der Waals surface area contributed by atoms with Crippen molar-refractivity contribution in [3.8, 4) is 0 Å². The molecular weight excluding hydrogens is 272 g/mol. The first-order valence-corrected chi connectivity index (χ1v) is 8.41. The number of para-hydroxylation sites is 1. The van der Waals surface area contributed by atoms with E-state index in [0.29, 0.717) is 29.2 Å². The number of nitrogen functional groups attached to an aromatic ring is 1. The van der Waals surface area contributed by atoms with Gasteiger partial charge in [0.25, 0.3) is 0 Å². The highest BCUT2D eigenvalue weighted by atomic mass is 16.2. The molecule has 2 aliphatic rings. The molecule has 0 radical (unpaired) electrons. The van der Waals surface area contributed by atoms with E-state index in [2.05, 4.69) is 25.7 Å². The quantitative estimate of drug-likeness (QED) is 0.866. The molecule has 0 aromatic heterocycles. The van der Waals surface area contributed by atoms with Gasteiger partial charge in [0.05, 0.1) is 0 Å². The van der Waals surface area contributed by atoms with Crippen LogP contribution in [0.4, 0.5) is 5.69 Å².